The number of hydrogen-bond donors (Lipinski definition) is 1. The molecule has 0 radical (unpaired) electrons. The van der Waals surface area contributed by atoms with Gasteiger partial charge in [-0.25, -0.2) is 4.98 Å². The van der Waals surface area contributed by atoms with Crippen molar-refractivity contribution in [3.05, 3.63) is 51.1 Å². The van der Waals surface area contributed by atoms with Gasteiger partial charge in [0.2, 0.25) is 5.88 Å². The molecule has 2 rings (SSSR count). The van der Waals surface area contributed by atoms with Gasteiger partial charge in [0, 0.05) is 12.3 Å². The molecular weight excluding hydrogens is 302 g/mol. The molecule has 0 bridgehead atoms. The molecule has 0 aliphatic carbocycles. The lowest BCUT2D eigenvalue weighted by atomic mass is 10.3. The van der Waals surface area contributed by atoms with E-state index in [4.69, 9.17) is 10.5 Å². The van der Waals surface area contributed by atoms with E-state index in [1.165, 1.54) is 24.4 Å². The van der Waals surface area contributed by atoms with Crippen molar-refractivity contribution < 1.29 is 9.66 Å². The fraction of sp³-hybridized carbons (Fsp3) is 0. The predicted octanol–water partition coefficient (Wildman–Crippen LogP) is 3.13. The van der Waals surface area contributed by atoms with Crippen LogP contribution in [0.3, 0.4) is 0 Å². The topological polar surface area (TPSA) is 91.3 Å². The molecule has 0 saturated carbocycles. The predicted molar refractivity (Wildman–Crippen MR) is 69.5 cm³/mol. The lowest BCUT2D eigenvalue weighted by Gasteiger charge is -2.08. The summed E-state index contributed by atoms with van der Waals surface area (Å²) in [6, 6.07) is 7.52. The zero-order chi connectivity index (χ0) is 13.1. The molecular formula is C11H8BrN3O3. The summed E-state index contributed by atoms with van der Waals surface area (Å²) in [6.45, 7) is 0. The van der Waals surface area contributed by atoms with Gasteiger partial charge < -0.3 is 10.5 Å². The summed E-state index contributed by atoms with van der Waals surface area (Å²) in [5, 5.41) is 10.7. The van der Waals surface area contributed by atoms with Gasteiger partial charge in [-0.05, 0) is 34.1 Å². The maximum absolute atomic E-state index is 10.7. The minimum atomic E-state index is -0.499. The van der Waals surface area contributed by atoms with Gasteiger partial charge in [0.05, 0.1) is 21.1 Å². The summed E-state index contributed by atoms with van der Waals surface area (Å²) in [6.07, 6.45) is 1.52. The van der Waals surface area contributed by atoms with E-state index in [-0.39, 0.29) is 17.3 Å². The van der Waals surface area contributed by atoms with Crippen molar-refractivity contribution in [3.63, 3.8) is 0 Å². The summed E-state index contributed by atoms with van der Waals surface area (Å²) < 4.78 is 6.02. The van der Waals surface area contributed by atoms with Crippen molar-refractivity contribution in [1.29, 1.82) is 0 Å². The second kappa shape index (κ2) is 5.01. The molecule has 0 aliphatic heterocycles. The van der Waals surface area contributed by atoms with Gasteiger partial charge in [-0.3, -0.25) is 10.1 Å². The molecule has 0 unspecified atom stereocenters. The van der Waals surface area contributed by atoms with Gasteiger partial charge in [0.25, 0.3) is 5.69 Å². The van der Waals surface area contributed by atoms with E-state index in [1.54, 1.807) is 12.1 Å². The molecule has 0 atom stereocenters. The van der Waals surface area contributed by atoms with Gasteiger partial charge in [-0.2, -0.15) is 0 Å². The molecule has 7 heteroatoms. The maximum atomic E-state index is 10.7. The lowest BCUT2D eigenvalue weighted by Crippen LogP contribution is -1.95. The standard InChI is InChI=1S/C11H8BrN3O3/c12-8-4-3-7(15(16)17)6-10(8)18-11-9(13)2-1-5-14-11/h1-6H,13H2. The Balaban J connectivity index is 2.37. The van der Waals surface area contributed by atoms with Gasteiger partial charge in [0.15, 0.2) is 5.75 Å². The summed E-state index contributed by atoms with van der Waals surface area (Å²) in [5.74, 6) is 0.494. The quantitative estimate of drug-likeness (QED) is 0.694. The van der Waals surface area contributed by atoms with Crippen molar-refractivity contribution in [2.45, 2.75) is 0 Å². The van der Waals surface area contributed by atoms with Crippen LogP contribution in [-0.2, 0) is 0 Å². The molecule has 1 aromatic heterocycles. The number of benzene rings is 1. The zero-order valence-corrected chi connectivity index (χ0v) is 10.6. The van der Waals surface area contributed by atoms with Crippen LogP contribution in [0.25, 0.3) is 0 Å². The number of nitro benzene ring substituents is 1. The van der Waals surface area contributed by atoms with E-state index in [2.05, 4.69) is 20.9 Å². The van der Waals surface area contributed by atoms with E-state index in [1.807, 2.05) is 0 Å². The smallest absolute Gasteiger partial charge is 0.273 e. The second-order valence-corrected chi connectivity index (χ2v) is 4.23. The van der Waals surface area contributed by atoms with E-state index < -0.39 is 4.92 Å². The number of pyridine rings is 1. The molecule has 92 valence electrons. The number of nitrogens with zero attached hydrogens (tertiary/aromatic N) is 2. The van der Waals surface area contributed by atoms with Crippen LogP contribution in [0.2, 0.25) is 0 Å². The molecule has 0 spiro atoms. The minimum absolute atomic E-state index is 0.0669. The molecule has 0 aliphatic rings. The second-order valence-electron chi connectivity index (χ2n) is 3.37. The Morgan fingerprint density at radius 1 is 1.39 bits per heavy atom. The Morgan fingerprint density at radius 3 is 2.83 bits per heavy atom. The highest BCUT2D eigenvalue weighted by molar-refractivity contribution is 9.10. The molecule has 0 fully saturated rings. The minimum Gasteiger partial charge on any atom is -0.436 e. The first-order valence-corrected chi connectivity index (χ1v) is 5.69. The highest BCUT2D eigenvalue weighted by atomic mass is 79.9. The normalized spacial score (nSPS) is 10.1. The average molecular weight is 310 g/mol. The van der Waals surface area contributed by atoms with Crippen LogP contribution in [-0.4, -0.2) is 9.91 Å². The highest BCUT2D eigenvalue weighted by Crippen LogP contribution is 2.33. The Bertz CT molecular complexity index is 604. The fourth-order valence-corrected chi connectivity index (χ4v) is 1.60. The van der Waals surface area contributed by atoms with Crippen LogP contribution in [0.4, 0.5) is 11.4 Å². The Morgan fingerprint density at radius 2 is 2.17 bits per heavy atom. The number of nitrogen functional groups attached to an aromatic ring is 1. The van der Waals surface area contributed by atoms with Crippen LogP contribution in [0.15, 0.2) is 41.0 Å². The molecule has 2 N–H and O–H groups in total. The molecule has 18 heavy (non-hydrogen) atoms. The van der Waals surface area contributed by atoms with Crippen LogP contribution < -0.4 is 10.5 Å². The summed E-state index contributed by atoms with van der Waals surface area (Å²) >= 11 is 3.25. The maximum Gasteiger partial charge on any atom is 0.273 e. The van der Waals surface area contributed by atoms with Crippen molar-refractivity contribution in [2.75, 3.05) is 5.73 Å². The summed E-state index contributed by atoms with van der Waals surface area (Å²) in [5.41, 5.74) is 5.97. The van der Waals surface area contributed by atoms with Crippen LogP contribution in [0, 0.1) is 10.1 Å². The van der Waals surface area contributed by atoms with E-state index >= 15 is 0 Å². The van der Waals surface area contributed by atoms with Gasteiger partial charge in [-0.15, -0.1) is 0 Å². The lowest BCUT2D eigenvalue weighted by molar-refractivity contribution is -0.384. The molecule has 1 heterocycles. The van der Waals surface area contributed by atoms with Gasteiger partial charge in [-0.1, -0.05) is 0 Å². The number of hydrogen-bond acceptors (Lipinski definition) is 5. The van der Waals surface area contributed by atoms with E-state index in [0.29, 0.717) is 10.2 Å². The largest absolute Gasteiger partial charge is 0.436 e. The van der Waals surface area contributed by atoms with E-state index in [0.717, 1.165) is 0 Å². The molecule has 0 amide bonds. The van der Waals surface area contributed by atoms with E-state index in [9.17, 15) is 10.1 Å². The number of ether oxygens (including phenoxy) is 1. The van der Waals surface area contributed by atoms with Crippen LogP contribution in [0.5, 0.6) is 11.6 Å². The molecule has 1 aromatic carbocycles. The third-order valence-corrected chi connectivity index (χ3v) is 2.79. The Labute approximate surface area is 111 Å². The number of nitro groups is 1. The molecule has 0 saturated heterocycles. The molecule has 6 nitrogen and oxygen atoms in total. The Hall–Kier alpha value is -2.15. The third kappa shape index (κ3) is 2.57. The van der Waals surface area contributed by atoms with Crippen LogP contribution >= 0.6 is 15.9 Å². The zero-order valence-electron chi connectivity index (χ0n) is 9.04. The number of anilines is 1. The van der Waals surface area contributed by atoms with Crippen molar-refractivity contribution in [3.8, 4) is 11.6 Å². The first-order chi connectivity index (χ1) is 8.58. The summed E-state index contributed by atoms with van der Waals surface area (Å²) in [4.78, 5) is 14.1. The monoisotopic (exact) mass is 309 g/mol. The number of nitrogens with two attached hydrogens (primary N) is 1. The highest BCUT2D eigenvalue weighted by Gasteiger charge is 2.12. The number of aromatic nitrogens is 1. The van der Waals surface area contributed by atoms with Gasteiger partial charge in [0.1, 0.15) is 0 Å². The van der Waals surface area contributed by atoms with Crippen molar-refractivity contribution in [2.24, 2.45) is 0 Å². The van der Waals surface area contributed by atoms with Gasteiger partial charge >= 0.3 is 0 Å². The fourth-order valence-electron chi connectivity index (χ4n) is 1.28. The number of rotatable bonds is 3. The SMILES string of the molecule is Nc1cccnc1Oc1cc([N+](=O)[O-])ccc1Br. The average Bonchev–Trinajstić information content (AvgIpc) is 2.34. The number of non-ortho nitro benzene ring substituents is 1. The van der Waals surface area contributed by atoms with Crippen molar-refractivity contribution >= 4 is 27.3 Å². The summed E-state index contributed by atoms with van der Waals surface area (Å²) in [7, 11) is 0. The molecule has 2 aromatic rings. The Kier molecular flexibility index (Phi) is 3.42. The van der Waals surface area contributed by atoms with Crippen LogP contribution in [0.1, 0.15) is 0 Å². The van der Waals surface area contributed by atoms with Crippen molar-refractivity contribution in [1.82, 2.24) is 4.98 Å². The first-order valence-electron chi connectivity index (χ1n) is 4.90. The number of halogens is 1. The third-order valence-electron chi connectivity index (χ3n) is 2.13. The first kappa shape index (κ1) is 12.3.